The zero-order chi connectivity index (χ0) is 19.2. The molecule has 0 radical (unpaired) electrons. The lowest BCUT2D eigenvalue weighted by Crippen LogP contribution is -2.53. The molecule has 0 aromatic carbocycles. The van der Waals surface area contributed by atoms with Gasteiger partial charge in [0.05, 0.1) is 7.11 Å². The van der Waals surface area contributed by atoms with Gasteiger partial charge < -0.3 is 10.1 Å². The maximum atomic E-state index is 12.8. The molecule has 4 heteroatoms. The number of methoxy groups -OCH3 is 1. The normalized spacial score (nSPS) is 43.0. The number of carbonyl (C=O) groups excluding carboxylic acids is 2. The summed E-state index contributed by atoms with van der Waals surface area (Å²) in [6.45, 7) is 4.85. The molecule has 27 heavy (non-hydrogen) atoms. The van der Waals surface area contributed by atoms with E-state index in [9.17, 15) is 9.59 Å². The van der Waals surface area contributed by atoms with Crippen LogP contribution in [0.4, 0.5) is 0 Å². The Morgan fingerprint density at radius 3 is 2.70 bits per heavy atom. The predicted octanol–water partition coefficient (Wildman–Crippen LogP) is 4.24. The maximum absolute atomic E-state index is 12.8. The molecule has 6 atom stereocenters. The van der Waals surface area contributed by atoms with Crippen molar-refractivity contribution in [2.24, 2.45) is 34.5 Å². The van der Waals surface area contributed by atoms with Crippen molar-refractivity contribution in [3.63, 3.8) is 0 Å². The fourth-order valence-electron chi connectivity index (χ4n) is 7.53. The summed E-state index contributed by atoms with van der Waals surface area (Å²) in [4.78, 5) is 24.2. The van der Waals surface area contributed by atoms with Crippen LogP contribution in [0.1, 0.15) is 71.6 Å². The van der Waals surface area contributed by atoms with Gasteiger partial charge in [0.15, 0.2) is 0 Å². The molecule has 4 nitrogen and oxygen atoms in total. The first kappa shape index (κ1) is 19.0. The van der Waals surface area contributed by atoms with Crippen molar-refractivity contribution < 1.29 is 14.3 Å². The van der Waals surface area contributed by atoms with Gasteiger partial charge in [-0.2, -0.15) is 0 Å². The van der Waals surface area contributed by atoms with Gasteiger partial charge in [0.2, 0.25) is 5.91 Å². The van der Waals surface area contributed by atoms with Crippen LogP contribution in [0, 0.1) is 34.5 Å². The SMILES string of the molecule is COC(=O)CNC(=O)C1=CC[C@H]2[C@@H]3CCC4CCCC[C@]4(C)[C@H]3CC[C@]12C. The molecule has 0 saturated heterocycles. The smallest absolute Gasteiger partial charge is 0.325 e. The highest BCUT2D eigenvalue weighted by Crippen LogP contribution is 2.66. The monoisotopic (exact) mass is 373 g/mol. The first-order chi connectivity index (χ1) is 12.9. The predicted molar refractivity (Wildman–Crippen MR) is 105 cm³/mol. The van der Waals surface area contributed by atoms with Crippen molar-refractivity contribution in [2.45, 2.75) is 71.6 Å². The highest BCUT2D eigenvalue weighted by Gasteiger charge is 2.58. The standard InChI is InChI=1S/C23H35NO3/c1-22-12-5-4-6-15(22)7-8-16-17-9-10-19(21(26)24-14-20(25)27-3)23(17,2)13-11-18(16)22/h10,15-18H,4-9,11-14H2,1-3H3,(H,24,26)/t15?,16-,17-,18-,22-,23-/m0/s1. The summed E-state index contributed by atoms with van der Waals surface area (Å²) in [5.74, 6) is 2.65. The average Bonchev–Trinajstić information content (AvgIpc) is 3.02. The van der Waals surface area contributed by atoms with Gasteiger partial charge in [-0.3, -0.25) is 9.59 Å². The first-order valence-corrected chi connectivity index (χ1v) is 11.0. The summed E-state index contributed by atoms with van der Waals surface area (Å²) >= 11 is 0. The third kappa shape index (κ3) is 2.94. The second kappa shape index (κ2) is 6.93. The van der Waals surface area contributed by atoms with Crippen molar-refractivity contribution in [2.75, 3.05) is 13.7 Å². The summed E-state index contributed by atoms with van der Waals surface area (Å²) in [5, 5.41) is 2.78. The number of esters is 1. The number of rotatable bonds is 3. The summed E-state index contributed by atoms with van der Waals surface area (Å²) in [6.07, 6.45) is 14.0. The Hall–Kier alpha value is -1.32. The van der Waals surface area contributed by atoms with Crippen LogP contribution < -0.4 is 5.32 Å². The zero-order valence-electron chi connectivity index (χ0n) is 17.2. The van der Waals surface area contributed by atoms with Crippen LogP contribution in [0.5, 0.6) is 0 Å². The van der Waals surface area contributed by atoms with Crippen LogP contribution in [0.2, 0.25) is 0 Å². The summed E-state index contributed by atoms with van der Waals surface area (Å²) < 4.78 is 4.65. The lowest BCUT2D eigenvalue weighted by atomic mass is 9.45. The molecule has 1 amide bonds. The van der Waals surface area contributed by atoms with E-state index in [1.807, 2.05) is 0 Å². The Morgan fingerprint density at radius 2 is 1.93 bits per heavy atom. The summed E-state index contributed by atoms with van der Waals surface area (Å²) in [5.41, 5.74) is 1.42. The maximum Gasteiger partial charge on any atom is 0.325 e. The van der Waals surface area contributed by atoms with Crippen molar-refractivity contribution in [1.29, 1.82) is 0 Å². The molecule has 3 saturated carbocycles. The van der Waals surface area contributed by atoms with Crippen LogP contribution in [0.15, 0.2) is 11.6 Å². The molecule has 4 aliphatic carbocycles. The zero-order valence-corrected chi connectivity index (χ0v) is 17.2. The van der Waals surface area contributed by atoms with E-state index in [2.05, 4.69) is 30.0 Å². The van der Waals surface area contributed by atoms with Crippen molar-refractivity contribution >= 4 is 11.9 Å². The molecule has 0 aliphatic heterocycles. The van der Waals surface area contributed by atoms with Gasteiger partial charge >= 0.3 is 5.97 Å². The first-order valence-electron chi connectivity index (χ1n) is 11.0. The largest absolute Gasteiger partial charge is 0.468 e. The van der Waals surface area contributed by atoms with Crippen LogP contribution in [-0.4, -0.2) is 25.5 Å². The number of hydrogen-bond acceptors (Lipinski definition) is 3. The second-order valence-electron chi connectivity index (χ2n) is 9.97. The minimum absolute atomic E-state index is 0.0285. The number of hydrogen-bond donors (Lipinski definition) is 1. The number of fused-ring (bicyclic) bond motifs is 5. The number of nitrogens with one attached hydrogen (secondary N) is 1. The molecule has 3 fully saturated rings. The Kier molecular flexibility index (Phi) is 4.88. The van der Waals surface area contributed by atoms with Gasteiger partial charge in [-0.15, -0.1) is 0 Å². The number of allylic oxidation sites excluding steroid dienone is 1. The van der Waals surface area contributed by atoms with Gasteiger partial charge in [0.1, 0.15) is 6.54 Å². The van der Waals surface area contributed by atoms with Gasteiger partial charge in [-0.05, 0) is 74.0 Å². The minimum Gasteiger partial charge on any atom is -0.468 e. The van der Waals surface area contributed by atoms with Crippen LogP contribution >= 0.6 is 0 Å². The molecule has 0 aromatic rings. The molecule has 1 unspecified atom stereocenters. The molecular formula is C23H35NO3. The number of carbonyl (C=O) groups is 2. The third-order valence-electron chi connectivity index (χ3n) is 9.03. The molecule has 4 rings (SSSR count). The minimum atomic E-state index is -0.393. The topological polar surface area (TPSA) is 55.4 Å². The van der Waals surface area contributed by atoms with Crippen molar-refractivity contribution in [3.8, 4) is 0 Å². The number of ether oxygens (including phenoxy) is 1. The van der Waals surface area contributed by atoms with E-state index < -0.39 is 5.97 Å². The molecular weight excluding hydrogens is 338 g/mol. The lowest BCUT2D eigenvalue weighted by Gasteiger charge is -2.60. The second-order valence-corrected chi connectivity index (χ2v) is 9.97. The summed E-state index contributed by atoms with van der Waals surface area (Å²) in [7, 11) is 1.35. The van der Waals surface area contributed by atoms with Crippen LogP contribution in [0.25, 0.3) is 0 Å². The van der Waals surface area contributed by atoms with Gasteiger partial charge in [-0.25, -0.2) is 0 Å². The number of amides is 1. The Bertz CT molecular complexity index is 656. The van der Waals surface area contributed by atoms with E-state index in [1.165, 1.54) is 52.1 Å². The van der Waals surface area contributed by atoms with Crippen LogP contribution in [0.3, 0.4) is 0 Å². The quantitative estimate of drug-likeness (QED) is 0.753. The molecule has 0 aromatic heterocycles. The third-order valence-corrected chi connectivity index (χ3v) is 9.03. The van der Waals surface area contributed by atoms with Gasteiger partial charge in [-0.1, -0.05) is 32.8 Å². The van der Waals surface area contributed by atoms with Crippen molar-refractivity contribution in [3.05, 3.63) is 11.6 Å². The molecule has 0 spiro atoms. The fourth-order valence-corrected chi connectivity index (χ4v) is 7.53. The fraction of sp³-hybridized carbons (Fsp3) is 0.826. The average molecular weight is 374 g/mol. The highest BCUT2D eigenvalue weighted by atomic mass is 16.5. The van der Waals surface area contributed by atoms with E-state index in [0.717, 1.165) is 36.2 Å². The molecule has 1 N–H and O–H groups in total. The molecule has 0 bridgehead atoms. The van der Waals surface area contributed by atoms with Crippen LogP contribution in [-0.2, 0) is 14.3 Å². The van der Waals surface area contributed by atoms with Gasteiger partial charge in [0.25, 0.3) is 0 Å². The van der Waals surface area contributed by atoms with E-state index >= 15 is 0 Å². The Balaban J connectivity index is 1.50. The van der Waals surface area contributed by atoms with Gasteiger partial charge in [0, 0.05) is 11.0 Å². The molecule has 150 valence electrons. The Labute approximate surface area is 163 Å². The molecule has 4 aliphatic rings. The van der Waals surface area contributed by atoms with E-state index in [0.29, 0.717) is 11.3 Å². The van der Waals surface area contributed by atoms with E-state index in [-0.39, 0.29) is 17.9 Å². The highest BCUT2D eigenvalue weighted by molar-refractivity contribution is 5.97. The lowest BCUT2D eigenvalue weighted by molar-refractivity contribution is -0.141. The van der Waals surface area contributed by atoms with E-state index in [4.69, 9.17) is 0 Å². The Morgan fingerprint density at radius 1 is 1.11 bits per heavy atom. The van der Waals surface area contributed by atoms with Crippen molar-refractivity contribution in [1.82, 2.24) is 5.32 Å². The summed E-state index contributed by atoms with van der Waals surface area (Å²) in [6, 6.07) is 0. The van der Waals surface area contributed by atoms with E-state index in [1.54, 1.807) is 0 Å². The molecule has 0 heterocycles.